The van der Waals surface area contributed by atoms with Crippen LogP contribution in [0.2, 0.25) is 0 Å². The maximum Gasteiger partial charge on any atom is 0.224 e. The molecule has 0 spiro atoms. The van der Waals surface area contributed by atoms with Crippen LogP contribution in [0.4, 0.5) is 14.6 Å². The van der Waals surface area contributed by atoms with Crippen molar-refractivity contribution in [3.63, 3.8) is 0 Å². The van der Waals surface area contributed by atoms with Gasteiger partial charge >= 0.3 is 0 Å². The molecule has 88 valence electrons. The monoisotopic (exact) mass is 237 g/mol. The van der Waals surface area contributed by atoms with Crippen molar-refractivity contribution in [2.45, 2.75) is 0 Å². The molecule has 1 aromatic carbocycles. The SMILES string of the molecule is CNc1cc(Oc2ccc(F)cc2F)ncn1. The van der Waals surface area contributed by atoms with Gasteiger partial charge in [-0.1, -0.05) is 0 Å². The molecule has 0 aliphatic heterocycles. The number of aromatic nitrogens is 2. The predicted molar refractivity (Wildman–Crippen MR) is 58.0 cm³/mol. The molecular weight excluding hydrogens is 228 g/mol. The lowest BCUT2D eigenvalue weighted by Crippen LogP contribution is -1.96. The smallest absolute Gasteiger partial charge is 0.224 e. The number of benzene rings is 1. The Morgan fingerprint density at radius 3 is 2.71 bits per heavy atom. The topological polar surface area (TPSA) is 47.0 Å². The summed E-state index contributed by atoms with van der Waals surface area (Å²) < 4.78 is 31.1. The summed E-state index contributed by atoms with van der Waals surface area (Å²) >= 11 is 0. The average Bonchev–Trinajstić information content (AvgIpc) is 2.33. The number of ether oxygens (including phenoxy) is 1. The molecule has 2 aromatic rings. The van der Waals surface area contributed by atoms with Crippen molar-refractivity contribution < 1.29 is 13.5 Å². The van der Waals surface area contributed by atoms with Crippen LogP contribution in [-0.4, -0.2) is 17.0 Å². The van der Waals surface area contributed by atoms with Gasteiger partial charge in [0.2, 0.25) is 5.88 Å². The standard InChI is InChI=1S/C11H9F2N3O/c1-14-10-5-11(16-6-15-10)17-9-3-2-7(12)4-8(9)13/h2-6H,1H3,(H,14,15,16). The number of nitrogens with zero attached hydrogens (tertiary/aromatic N) is 2. The second kappa shape index (κ2) is 4.73. The van der Waals surface area contributed by atoms with Gasteiger partial charge in [0.05, 0.1) is 0 Å². The lowest BCUT2D eigenvalue weighted by Gasteiger charge is -2.06. The van der Waals surface area contributed by atoms with E-state index in [1.807, 2.05) is 0 Å². The average molecular weight is 237 g/mol. The molecule has 4 nitrogen and oxygen atoms in total. The molecule has 0 radical (unpaired) electrons. The maximum absolute atomic E-state index is 13.3. The lowest BCUT2D eigenvalue weighted by molar-refractivity contribution is 0.423. The van der Waals surface area contributed by atoms with Gasteiger partial charge in [-0.25, -0.2) is 18.7 Å². The van der Waals surface area contributed by atoms with E-state index in [1.165, 1.54) is 18.5 Å². The molecule has 0 atom stereocenters. The van der Waals surface area contributed by atoms with Crippen LogP contribution < -0.4 is 10.1 Å². The summed E-state index contributed by atoms with van der Waals surface area (Å²) in [6, 6.07) is 4.56. The third kappa shape index (κ3) is 2.66. The van der Waals surface area contributed by atoms with Gasteiger partial charge < -0.3 is 10.1 Å². The van der Waals surface area contributed by atoms with E-state index in [1.54, 1.807) is 7.05 Å². The van der Waals surface area contributed by atoms with Crippen molar-refractivity contribution in [2.24, 2.45) is 0 Å². The first-order valence-electron chi connectivity index (χ1n) is 4.82. The van der Waals surface area contributed by atoms with E-state index in [0.717, 1.165) is 12.1 Å². The van der Waals surface area contributed by atoms with Gasteiger partial charge in [0.15, 0.2) is 11.6 Å². The van der Waals surface area contributed by atoms with E-state index >= 15 is 0 Å². The fourth-order valence-corrected chi connectivity index (χ4v) is 1.20. The van der Waals surface area contributed by atoms with Crippen LogP contribution in [0.3, 0.4) is 0 Å². The highest BCUT2D eigenvalue weighted by Crippen LogP contribution is 2.24. The molecule has 0 amide bonds. The number of hydrogen-bond acceptors (Lipinski definition) is 4. The molecule has 0 aliphatic rings. The molecule has 6 heteroatoms. The molecule has 0 aliphatic carbocycles. The highest BCUT2D eigenvalue weighted by atomic mass is 19.1. The Morgan fingerprint density at radius 2 is 2.00 bits per heavy atom. The minimum atomic E-state index is -0.783. The summed E-state index contributed by atoms with van der Waals surface area (Å²) in [4.78, 5) is 7.69. The van der Waals surface area contributed by atoms with Crippen molar-refractivity contribution in [1.29, 1.82) is 0 Å². The minimum Gasteiger partial charge on any atom is -0.436 e. The Kier molecular flexibility index (Phi) is 3.13. The number of nitrogens with one attached hydrogen (secondary N) is 1. The first-order chi connectivity index (χ1) is 8.19. The zero-order chi connectivity index (χ0) is 12.3. The Balaban J connectivity index is 2.25. The van der Waals surface area contributed by atoms with Crippen molar-refractivity contribution in [3.05, 3.63) is 42.2 Å². The van der Waals surface area contributed by atoms with Crippen molar-refractivity contribution >= 4 is 5.82 Å². The van der Waals surface area contributed by atoms with E-state index in [4.69, 9.17) is 4.74 Å². The molecule has 0 saturated carbocycles. The largest absolute Gasteiger partial charge is 0.436 e. The van der Waals surface area contributed by atoms with Crippen LogP contribution in [0.15, 0.2) is 30.6 Å². The summed E-state index contributed by atoms with van der Waals surface area (Å²) in [6.45, 7) is 0. The zero-order valence-corrected chi connectivity index (χ0v) is 8.95. The molecule has 2 rings (SSSR count). The number of hydrogen-bond donors (Lipinski definition) is 1. The van der Waals surface area contributed by atoms with Crippen molar-refractivity contribution in [2.75, 3.05) is 12.4 Å². The van der Waals surface area contributed by atoms with Gasteiger partial charge in [-0.2, -0.15) is 0 Å². The lowest BCUT2D eigenvalue weighted by atomic mass is 10.3. The fraction of sp³-hybridized carbons (Fsp3) is 0.0909. The van der Waals surface area contributed by atoms with Crippen LogP contribution in [-0.2, 0) is 0 Å². The second-order valence-corrected chi connectivity index (χ2v) is 3.17. The molecule has 0 unspecified atom stereocenters. The van der Waals surface area contributed by atoms with Gasteiger partial charge in [0.1, 0.15) is 18.0 Å². The van der Waals surface area contributed by atoms with Gasteiger partial charge in [-0.05, 0) is 12.1 Å². The third-order valence-electron chi connectivity index (χ3n) is 2.01. The second-order valence-electron chi connectivity index (χ2n) is 3.17. The molecule has 17 heavy (non-hydrogen) atoms. The first-order valence-corrected chi connectivity index (χ1v) is 4.82. The Bertz CT molecular complexity index is 534. The van der Waals surface area contributed by atoms with E-state index in [9.17, 15) is 8.78 Å². The van der Waals surface area contributed by atoms with Crippen LogP contribution in [0, 0.1) is 11.6 Å². The van der Waals surface area contributed by atoms with Crippen LogP contribution in [0.25, 0.3) is 0 Å². The van der Waals surface area contributed by atoms with E-state index in [2.05, 4.69) is 15.3 Å². The van der Waals surface area contributed by atoms with Crippen LogP contribution in [0.5, 0.6) is 11.6 Å². The van der Waals surface area contributed by atoms with Crippen molar-refractivity contribution in [3.8, 4) is 11.6 Å². The predicted octanol–water partition coefficient (Wildman–Crippen LogP) is 2.59. The normalized spacial score (nSPS) is 10.1. The molecule has 0 fully saturated rings. The number of anilines is 1. The quantitative estimate of drug-likeness (QED) is 0.891. The van der Waals surface area contributed by atoms with Crippen LogP contribution >= 0.6 is 0 Å². The highest BCUT2D eigenvalue weighted by molar-refractivity contribution is 5.38. The fourth-order valence-electron chi connectivity index (χ4n) is 1.20. The molecule has 1 N–H and O–H groups in total. The molecule has 0 saturated heterocycles. The summed E-state index contributed by atoms with van der Waals surface area (Å²) in [5.74, 6) is -0.817. The highest BCUT2D eigenvalue weighted by Gasteiger charge is 2.07. The third-order valence-corrected chi connectivity index (χ3v) is 2.01. The summed E-state index contributed by atoms with van der Waals surface area (Å²) in [6.07, 6.45) is 1.28. The van der Waals surface area contributed by atoms with E-state index in [-0.39, 0.29) is 11.6 Å². The number of halogens is 2. The van der Waals surface area contributed by atoms with Gasteiger partial charge in [-0.15, -0.1) is 0 Å². The van der Waals surface area contributed by atoms with Gasteiger partial charge in [0.25, 0.3) is 0 Å². The maximum atomic E-state index is 13.3. The van der Waals surface area contributed by atoms with Crippen LogP contribution in [0.1, 0.15) is 0 Å². The van der Waals surface area contributed by atoms with E-state index in [0.29, 0.717) is 5.82 Å². The molecular formula is C11H9F2N3O. The molecule has 0 bridgehead atoms. The number of rotatable bonds is 3. The van der Waals surface area contributed by atoms with E-state index < -0.39 is 11.6 Å². The Hall–Kier alpha value is -2.24. The Labute approximate surface area is 96.3 Å². The summed E-state index contributed by atoms with van der Waals surface area (Å²) in [5, 5.41) is 2.79. The minimum absolute atomic E-state index is 0.0906. The molecule has 1 aromatic heterocycles. The van der Waals surface area contributed by atoms with Gasteiger partial charge in [-0.3, -0.25) is 0 Å². The summed E-state index contributed by atoms with van der Waals surface area (Å²) in [7, 11) is 1.69. The summed E-state index contributed by atoms with van der Waals surface area (Å²) in [5.41, 5.74) is 0. The van der Waals surface area contributed by atoms with Gasteiger partial charge in [0, 0.05) is 19.2 Å². The first kappa shape index (κ1) is 11.3. The molecule has 1 heterocycles. The Morgan fingerprint density at radius 1 is 1.18 bits per heavy atom. The zero-order valence-electron chi connectivity index (χ0n) is 8.95. The van der Waals surface area contributed by atoms with Crippen molar-refractivity contribution in [1.82, 2.24) is 9.97 Å².